The Morgan fingerprint density at radius 1 is 1.14 bits per heavy atom. The number of carbonyl (C=O) groups is 2. The quantitative estimate of drug-likeness (QED) is 0.636. The molecule has 2 fully saturated rings. The monoisotopic (exact) mass is 284 g/mol. The van der Waals surface area contributed by atoms with Crippen LogP contribution < -0.4 is 0 Å². The van der Waals surface area contributed by atoms with Gasteiger partial charge in [-0.25, -0.2) is 0 Å². The van der Waals surface area contributed by atoms with Gasteiger partial charge >= 0.3 is 0 Å². The average molecular weight is 284 g/mol. The molecule has 3 atom stereocenters. The lowest BCUT2D eigenvalue weighted by Crippen LogP contribution is -2.54. The molecule has 0 aromatic rings. The SMILES string of the molecule is C#CC12CCC(=O)C=C1[C@@]1(C)CCC(=O)C(C)(C)[C@@H]1CC2. The molecule has 21 heavy (non-hydrogen) atoms. The van der Waals surface area contributed by atoms with Gasteiger partial charge in [-0.05, 0) is 48.7 Å². The van der Waals surface area contributed by atoms with Crippen molar-refractivity contribution in [1.82, 2.24) is 0 Å². The summed E-state index contributed by atoms with van der Waals surface area (Å²) in [4.78, 5) is 24.4. The summed E-state index contributed by atoms with van der Waals surface area (Å²) in [6.07, 6.45) is 12.4. The highest BCUT2D eigenvalue weighted by Crippen LogP contribution is 2.64. The molecule has 0 amide bonds. The molecule has 0 bridgehead atoms. The minimum Gasteiger partial charge on any atom is -0.299 e. The lowest BCUT2D eigenvalue weighted by molar-refractivity contribution is -0.141. The number of hydrogen-bond acceptors (Lipinski definition) is 2. The van der Waals surface area contributed by atoms with Crippen molar-refractivity contribution in [2.75, 3.05) is 0 Å². The van der Waals surface area contributed by atoms with E-state index in [1.807, 2.05) is 6.08 Å². The van der Waals surface area contributed by atoms with Crippen molar-refractivity contribution in [1.29, 1.82) is 0 Å². The molecular formula is C19H24O2. The van der Waals surface area contributed by atoms with Gasteiger partial charge in [-0.2, -0.15) is 0 Å². The van der Waals surface area contributed by atoms with E-state index in [4.69, 9.17) is 6.42 Å². The van der Waals surface area contributed by atoms with Crippen LogP contribution in [0.4, 0.5) is 0 Å². The van der Waals surface area contributed by atoms with Crippen LogP contribution >= 0.6 is 0 Å². The van der Waals surface area contributed by atoms with Gasteiger partial charge in [-0.1, -0.05) is 26.7 Å². The highest BCUT2D eigenvalue weighted by atomic mass is 16.1. The van der Waals surface area contributed by atoms with E-state index in [9.17, 15) is 9.59 Å². The maximum absolute atomic E-state index is 12.4. The zero-order chi connectivity index (χ0) is 15.5. The van der Waals surface area contributed by atoms with Crippen LogP contribution in [-0.2, 0) is 9.59 Å². The van der Waals surface area contributed by atoms with Gasteiger partial charge in [0, 0.05) is 18.3 Å². The number of allylic oxidation sites excluding steroid dienone is 2. The molecule has 0 aromatic carbocycles. The fourth-order valence-corrected chi connectivity index (χ4v) is 5.29. The van der Waals surface area contributed by atoms with Crippen molar-refractivity contribution in [2.24, 2.45) is 22.2 Å². The predicted molar refractivity (Wildman–Crippen MR) is 82.4 cm³/mol. The number of carbonyl (C=O) groups excluding carboxylic acids is 2. The van der Waals surface area contributed by atoms with Gasteiger partial charge in [0.15, 0.2) is 5.78 Å². The van der Waals surface area contributed by atoms with E-state index >= 15 is 0 Å². The van der Waals surface area contributed by atoms with E-state index in [2.05, 4.69) is 26.7 Å². The number of terminal acetylenes is 1. The highest BCUT2D eigenvalue weighted by molar-refractivity contribution is 5.92. The molecule has 2 saturated carbocycles. The van der Waals surface area contributed by atoms with Crippen LogP contribution in [0.15, 0.2) is 11.6 Å². The Hall–Kier alpha value is -1.36. The largest absolute Gasteiger partial charge is 0.299 e. The molecule has 0 heterocycles. The molecule has 0 radical (unpaired) electrons. The van der Waals surface area contributed by atoms with Crippen molar-refractivity contribution >= 4 is 11.6 Å². The molecule has 0 spiro atoms. The van der Waals surface area contributed by atoms with Gasteiger partial charge in [0.05, 0.1) is 5.41 Å². The second-order valence-corrected chi connectivity index (χ2v) is 7.90. The molecule has 0 aromatic heterocycles. The van der Waals surface area contributed by atoms with Gasteiger partial charge in [0.2, 0.25) is 0 Å². The summed E-state index contributed by atoms with van der Waals surface area (Å²) < 4.78 is 0. The minimum absolute atomic E-state index is 0.0991. The molecular weight excluding hydrogens is 260 g/mol. The number of rotatable bonds is 0. The smallest absolute Gasteiger partial charge is 0.155 e. The average Bonchev–Trinajstić information content (AvgIpc) is 2.44. The summed E-state index contributed by atoms with van der Waals surface area (Å²) >= 11 is 0. The van der Waals surface area contributed by atoms with Crippen molar-refractivity contribution < 1.29 is 9.59 Å². The fraction of sp³-hybridized carbons (Fsp3) is 0.684. The molecule has 3 rings (SSSR count). The minimum atomic E-state index is -0.310. The topological polar surface area (TPSA) is 34.1 Å². The number of ketones is 2. The van der Waals surface area contributed by atoms with Gasteiger partial charge < -0.3 is 0 Å². The van der Waals surface area contributed by atoms with Crippen LogP contribution in [0, 0.1) is 34.5 Å². The lowest BCUT2D eigenvalue weighted by atomic mass is 9.44. The first-order valence-corrected chi connectivity index (χ1v) is 8.03. The summed E-state index contributed by atoms with van der Waals surface area (Å²) in [6, 6.07) is 0. The van der Waals surface area contributed by atoms with Gasteiger partial charge in [-0.15, -0.1) is 6.42 Å². The van der Waals surface area contributed by atoms with Crippen LogP contribution in [0.3, 0.4) is 0 Å². The molecule has 3 aliphatic rings. The van der Waals surface area contributed by atoms with Crippen molar-refractivity contribution in [3.63, 3.8) is 0 Å². The Balaban J connectivity index is 2.14. The Bertz CT molecular complexity index is 589. The van der Waals surface area contributed by atoms with Crippen LogP contribution in [0.2, 0.25) is 0 Å². The standard InChI is InChI=1S/C19H24O2/c1-5-19-10-6-13(20)12-15(19)18(4)9-8-16(21)17(2,3)14(18)7-11-19/h1,12,14H,6-11H2,2-4H3/t14-,18-,19?/m0/s1. The first-order valence-electron chi connectivity index (χ1n) is 8.03. The van der Waals surface area contributed by atoms with E-state index in [-0.39, 0.29) is 22.0 Å². The van der Waals surface area contributed by atoms with E-state index < -0.39 is 0 Å². The third kappa shape index (κ3) is 1.79. The van der Waals surface area contributed by atoms with Crippen molar-refractivity contribution in [2.45, 2.75) is 59.3 Å². The first-order chi connectivity index (χ1) is 9.76. The molecule has 112 valence electrons. The number of hydrogen-bond donors (Lipinski definition) is 0. The van der Waals surface area contributed by atoms with E-state index in [0.29, 0.717) is 24.5 Å². The number of Topliss-reactive ketones (excluding diaryl/α,β-unsaturated/α-hetero) is 1. The Morgan fingerprint density at radius 3 is 2.52 bits per heavy atom. The first kappa shape index (κ1) is 14.6. The predicted octanol–water partition coefficient (Wildman–Crippen LogP) is 3.70. The molecule has 3 aliphatic carbocycles. The summed E-state index contributed by atoms with van der Waals surface area (Å²) in [5.74, 6) is 3.89. The number of fused-ring (bicyclic) bond motifs is 3. The third-order valence-electron chi connectivity index (χ3n) is 6.60. The van der Waals surface area contributed by atoms with E-state index in [0.717, 1.165) is 31.3 Å². The normalized spacial score (nSPS) is 41.6. The second kappa shape index (κ2) is 4.32. The van der Waals surface area contributed by atoms with Gasteiger partial charge in [0.1, 0.15) is 5.78 Å². The van der Waals surface area contributed by atoms with Crippen LogP contribution in [0.1, 0.15) is 59.3 Å². The Kier molecular flexibility index (Phi) is 3.00. The van der Waals surface area contributed by atoms with Crippen molar-refractivity contribution in [3.8, 4) is 12.3 Å². The molecule has 1 unspecified atom stereocenters. The third-order valence-corrected chi connectivity index (χ3v) is 6.60. The van der Waals surface area contributed by atoms with Crippen LogP contribution in [-0.4, -0.2) is 11.6 Å². The van der Waals surface area contributed by atoms with Crippen LogP contribution in [0.25, 0.3) is 0 Å². The van der Waals surface area contributed by atoms with Crippen molar-refractivity contribution in [3.05, 3.63) is 11.6 Å². The molecule has 2 nitrogen and oxygen atoms in total. The summed E-state index contributed by atoms with van der Waals surface area (Å²) in [7, 11) is 0. The van der Waals surface area contributed by atoms with E-state index in [1.54, 1.807) is 0 Å². The summed E-state index contributed by atoms with van der Waals surface area (Å²) in [5, 5.41) is 0. The van der Waals surface area contributed by atoms with Gasteiger partial charge in [0.25, 0.3) is 0 Å². The molecule has 0 saturated heterocycles. The summed E-state index contributed by atoms with van der Waals surface area (Å²) in [6.45, 7) is 6.39. The Morgan fingerprint density at radius 2 is 1.86 bits per heavy atom. The summed E-state index contributed by atoms with van der Waals surface area (Å²) in [5.41, 5.74) is 0.508. The maximum Gasteiger partial charge on any atom is 0.155 e. The maximum atomic E-state index is 12.4. The van der Waals surface area contributed by atoms with E-state index in [1.165, 1.54) is 0 Å². The van der Waals surface area contributed by atoms with Crippen LogP contribution in [0.5, 0.6) is 0 Å². The molecule has 0 N–H and O–H groups in total. The zero-order valence-electron chi connectivity index (χ0n) is 13.3. The second-order valence-electron chi connectivity index (χ2n) is 7.90. The Labute approximate surface area is 127 Å². The highest BCUT2D eigenvalue weighted by Gasteiger charge is 2.59. The molecule has 2 heteroatoms. The lowest BCUT2D eigenvalue weighted by Gasteiger charge is -2.59. The van der Waals surface area contributed by atoms with Gasteiger partial charge in [-0.3, -0.25) is 9.59 Å². The molecule has 0 aliphatic heterocycles. The zero-order valence-corrected chi connectivity index (χ0v) is 13.3. The fourth-order valence-electron chi connectivity index (χ4n) is 5.29.